The summed E-state index contributed by atoms with van der Waals surface area (Å²) in [6, 6.07) is 20.3. The van der Waals surface area contributed by atoms with Gasteiger partial charge < -0.3 is 10.2 Å². The Morgan fingerprint density at radius 2 is 1.59 bits per heavy atom. The zero-order chi connectivity index (χ0) is 27.2. The van der Waals surface area contributed by atoms with Gasteiger partial charge in [0.25, 0.3) is 0 Å². The van der Waals surface area contributed by atoms with Crippen LogP contribution < -0.4 is 15.0 Å². The summed E-state index contributed by atoms with van der Waals surface area (Å²) in [5.74, 6) is 0.435. The Morgan fingerprint density at radius 1 is 0.897 bits per heavy atom. The van der Waals surface area contributed by atoms with E-state index in [0.717, 1.165) is 48.7 Å². The molecule has 2 aromatic carbocycles. The Morgan fingerprint density at radius 3 is 2.23 bits per heavy atom. The molecular formula is C28H32N8O2S. The van der Waals surface area contributed by atoms with Gasteiger partial charge in [-0.1, -0.05) is 12.1 Å². The number of likely N-dealkylation sites (N-methyl/N-ethyl adjacent to an activating group) is 1. The highest BCUT2D eigenvalue weighted by atomic mass is 32.2. The first kappa shape index (κ1) is 26.7. The third-order valence-corrected chi connectivity index (χ3v) is 7.57. The maximum Gasteiger partial charge on any atom is 0.236 e. The van der Waals surface area contributed by atoms with Gasteiger partial charge in [-0.25, -0.2) is 27.7 Å². The van der Waals surface area contributed by atoms with E-state index in [1.165, 1.54) is 10.6 Å². The van der Waals surface area contributed by atoms with Gasteiger partial charge in [-0.05, 0) is 67.2 Å². The summed E-state index contributed by atoms with van der Waals surface area (Å²) < 4.78 is 26.9. The summed E-state index contributed by atoms with van der Waals surface area (Å²) in [6.45, 7) is 4.71. The molecule has 1 aliphatic heterocycles. The molecule has 0 spiro atoms. The number of nitrogens with one attached hydrogen (secondary N) is 2. The van der Waals surface area contributed by atoms with Gasteiger partial charge in [0, 0.05) is 62.6 Å². The van der Waals surface area contributed by atoms with Gasteiger partial charge in [0.1, 0.15) is 0 Å². The standard InChI is InChI=1S/C28H32N8O2S/c1-34-16-18-35(19-17-34)31-20-22-5-9-25(10-6-22)36(39(2,37)38)26-11-7-24(8-12-26)32-28-30-15-13-27(33-28)23-4-3-14-29-21-23/h3-15,21,31H,16-20H2,1-2H3,(H,30,32,33). The largest absolute Gasteiger partial charge is 0.324 e. The third kappa shape index (κ3) is 6.95. The Bertz CT molecular complexity index is 1470. The van der Waals surface area contributed by atoms with Gasteiger partial charge in [-0.15, -0.1) is 0 Å². The molecule has 2 N–H and O–H groups in total. The van der Waals surface area contributed by atoms with Crippen LogP contribution in [0.15, 0.2) is 85.3 Å². The molecule has 2 aromatic heterocycles. The summed E-state index contributed by atoms with van der Waals surface area (Å²) >= 11 is 0. The molecule has 0 saturated carbocycles. The van der Waals surface area contributed by atoms with Crippen LogP contribution in [0.1, 0.15) is 5.56 Å². The lowest BCUT2D eigenvalue weighted by Gasteiger charge is -2.32. The number of nitrogens with zero attached hydrogens (tertiary/aromatic N) is 6. The topological polar surface area (TPSA) is 107 Å². The van der Waals surface area contributed by atoms with Crippen molar-refractivity contribution in [3.8, 4) is 11.3 Å². The lowest BCUT2D eigenvalue weighted by Crippen LogP contribution is -2.50. The van der Waals surface area contributed by atoms with Crippen LogP contribution >= 0.6 is 0 Å². The van der Waals surface area contributed by atoms with Crippen molar-refractivity contribution in [2.45, 2.75) is 6.54 Å². The number of pyridine rings is 1. The maximum atomic E-state index is 12.8. The number of piperazine rings is 1. The van der Waals surface area contributed by atoms with E-state index in [-0.39, 0.29) is 0 Å². The molecule has 10 nitrogen and oxygen atoms in total. The lowest BCUT2D eigenvalue weighted by atomic mass is 10.2. The fourth-order valence-corrected chi connectivity index (χ4v) is 5.36. The molecule has 0 atom stereocenters. The summed E-state index contributed by atoms with van der Waals surface area (Å²) in [6.07, 6.45) is 6.35. The molecule has 39 heavy (non-hydrogen) atoms. The third-order valence-electron chi connectivity index (χ3n) is 6.48. The highest BCUT2D eigenvalue weighted by Gasteiger charge is 2.20. The van der Waals surface area contributed by atoms with Crippen molar-refractivity contribution in [2.24, 2.45) is 0 Å². The first-order chi connectivity index (χ1) is 18.8. The van der Waals surface area contributed by atoms with E-state index in [9.17, 15) is 8.42 Å². The van der Waals surface area contributed by atoms with Crippen molar-refractivity contribution in [3.05, 3.63) is 90.9 Å². The first-order valence-corrected chi connectivity index (χ1v) is 14.6. The van der Waals surface area contributed by atoms with Gasteiger partial charge in [-0.3, -0.25) is 10.4 Å². The minimum absolute atomic E-state index is 0.435. The normalized spacial score (nSPS) is 14.7. The molecule has 1 saturated heterocycles. The monoisotopic (exact) mass is 544 g/mol. The van der Waals surface area contributed by atoms with E-state index in [0.29, 0.717) is 23.9 Å². The van der Waals surface area contributed by atoms with Gasteiger partial charge in [0.05, 0.1) is 23.3 Å². The molecule has 3 heterocycles. The lowest BCUT2D eigenvalue weighted by molar-refractivity contribution is 0.102. The zero-order valence-corrected chi connectivity index (χ0v) is 22.8. The number of rotatable bonds is 9. The Labute approximate surface area is 229 Å². The molecule has 0 aliphatic carbocycles. The molecule has 0 amide bonds. The van der Waals surface area contributed by atoms with Crippen LogP contribution in [0, 0.1) is 0 Å². The molecule has 4 aromatic rings. The van der Waals surface area contributed by atoms with Crippen molar-refractivity contribution in [3.63, 3.8) is 0 Å². The van der Waals surface area contributed by atoms with Crippen LogP contribution in [0.5, 0.6) is 0 Å². The smallest absolute Gasteiger partial charge is 0.236 e. The number of anilines is 4. The zero-order valence-electron chi connectivity index (χ0n) is 22.0. The number of hydrogen-bond acceptors (Lipinski definition) is 9. The van der Waals surface area contributed by atoms with E-state index in [1.54, 1.807) is 30.7 Å². The van der Waals surface area contributed by atoms with Crippen molar-refractivity contribution in [1.29, 1.82) is 0 Å². The summed E-state index contributed by atoms with van der Waals surface area (Å²) in [5.41, 5.74) is 8.04. The molecule has 11 heteroatoms. The molecule has 5 rings (SSSR count). The highest BCUT2D eigenvalue weighted by molar-refractivity contribution is 7.92. The fourth-order valence-electron chi connectivity index (χ4n) is 4.35. The minimum atomic E-state index is -3.57. The molecule has 0 unspecified atom stereocenters. The van der Waals surface area contributed by atoms with Crippen LogP contribution in [0.25, 0.3) is 11.3 Å². The molecule has 1 aliphatic rings. The average Bonchev–Trinajstić information content (AvgIpc) is 2.94. The molecule has 0 radical (unpaired) electrons. The quantitative estimate of drug-likeness (QED) is 0.327. The van der Waals surface area contributed by atoms with E-state index in [2.05, 4.69) is 42.7 Å². The first-order valence-electron chi connectivity index (χ1n) is 12.7. The van der Waals surface area contributed by atoms with E-state index >= 15 is 0 Å². The number of aromatic nitrogens is 3. The van der Waals surface area contributed by atoms with Crippen molar-refractivity contribution < 1.29 is 8.42 Å². The van der Waals surface area contributed by atoms with Crippen LogP contribution in [0.4, 0.5) is 23.0 Å². The van der Waals surface area contributed by atoms with E-state index in [1.807, 2.05) is 54.6 Å². The second kappa shape index (κ2) is 11.9. The molecular weight excluding hydrogens is 512 g/mol. The van der Waals surface area contributed by atoms with Crippen molar-refractivity contribution >= 4 is 33.0 Å². The second-order valence-corrected chi connectivity index (χ2v) is 11.3. The summed E-state index contributed by atoms with van der Waals surface area (Å²) in [7, 11) is -1.44. The summed E-state index contributed by atoms with van der Waals surface area (Å²) in [5, 5.41) is 5.41. The van der Waals surface area contributed by atoms with Crippen LogP contribution in [-0.4, -0.2) is 72.8 Å². The van der Waals surface area contributed by atoms with Gasteiger partial charge >= 0.3 is 0 Å². The number of benzene rings is 2. The minimum Gasteiger partial charge on any atom is -0.324 e. The van der Waals surface area contributed by atoms with Crippen molar-refractivity contribution in [1.82, 2.24) is 30.3 Å². The maximum absolute atomic E-state index is 12.8. The number of sulfonamides is 1. The Kier molecular flexibility index (Phi) is 8.13. The SMILES string of the molecule is CN1CCN(NCc2ccc(N(c3ccc(Nc4nccc(-c5cccnc5)n4)cc3)S(C)(=O)=O)cc2)CC1. The summed E-state index contributed by atoms with van der Waals surface area (Å²) in [4.78, 5) is 15.3. The van der Waals surface area contributed by atoms with Crippen LogP contribution in [0.2, 0.25) is 0 Å². The Balaban J connectivity index is 1.27. The van der Waals surface area contributed by atoms with E-state index in [4.69, 9.17) is 0 Å². The number of hydrazine groups is 1. The second-order valence-electron chi connectivity index (χ2n) is 9.50. The predicted octanol–water partition coefficient (Wildman–Crippen LogP) is 3.63. The fraction of sp³-hybridized carbons (Fsp3) is 0.250. The molecule has 202 valence electrons. The number of hydrogen-bond donors (Lipinski definition) is 2. The highest BCUT2D eigenvalue weighted by Crippen LogP contribution is 2.30. The average molecular weight is 545 g/mol. The predicted molar refractivity (Wildman–Crippen MR) is 154 cm³/mol. The molecule has 1 fully saturated rings. The molecule has 0 bridgehead atoms. The van der Waals surface area contributed by atoms with E-state index < -0.39 is 10.0 Å². The van der Waals surface area contributed by atoms with Crippen molar-refractivity contribution in [2.75, 3.05) is 49.1 Å². The van der Waals surface area contributed by atoms with Crippen LogP contribution in [0.3, 0.4) is 0 Å². The Hall–Kier alpha value is -3.90. The van der Waals surface area contributed by atoms with Gasteiger partial charge in [0.2, 0.25) is 16.0 Å². The van der Waals surface area contributed by atoms with Gasteiger partial charge in [-0.2, -0.15) is 0 Å². The van der Waals surface area contributed by atoms with Crippen LogP contribution in [-0.2, 0) is 16.6 Å². The van der Waals surface area contributed by atoms with Gasteiger partial charge in [0.15, 0.2) is 0 Å².